The number of ether oxygens (including phenoxy) is 1. The lowest BCUT2D eigenvalue weighted by Crippen LogP contribution is -2.50. The molecule has 2 heterocycles. The molecule has 1 fully saturated rings. The molecule has 4 amide bonds. The number of carbonyl (C=O) groups is 4. The van der Waals surface area contributed by atoms with Gasteiger partial charge in [-0.1, -0.05) is 48.5 Å². The Hall–Kier alpha value is -5.17. The summed E-state index contributed by atoms with van der Waals surface area (Å²) in [4.78, 5) is 53.5. The molecule has 13 heteroatoms. The van der Waals surface area contributed by atoms with Crippen molar-refractivity contribution in [1.29, 1.82) is 0 Å². The summed E-state index contributed by atoms with van der Waals surface area (Å²) in [5, 5.41) is 29.5. The van der Waals surface area contributed by atoms with Crippen molar-refractivity contribution >= 4 is 35.5 Å². The first-order valence-corrected chi connectivity index (χ1v) is 13.3. The molecule has 1 aromatic heterocycles. The third kappa shape index (κ3) is 8.66. The Morgan fingerprint density at radius 1 is 0.952 bits per heavy atom. The third-order valence-corrected chi connectivity index (χ3v) is 6.61. The fraction of sp³-hybridized carbons (Fsp3) is 0.276. The van der Waals surface area contributed by atoms with Crippen LogP contribution in [-0.4, -0.2) is 88.5 Å². The largest absolute Gasteiger partial charge is 0.480 e. The number of likely N-dealkylation sites (tertiary alicyclic amines) is 1. The first kappa shape index (κ1) is 29.8. The van der Waals surface area contributed by atoms with Gasteiger partial charge in [-0.3, -0.25) is 4.79 Å². The van der Waals surface area contributed by atoms with Gasteiger partial charge >= 0.3 is 18.1 Å². The maximum Gasteiger partial charge on any atom is 0.407 e. The van der Waals surface area contributed by atoms with Crippen molar-refractivity contribution in [3.05, 3.63) is 79.0 Å². The van der Waals surface area contributed by atoms with Gasteiger partial charge in [0.1, 0.15) is 18.5 Å². The number of nitrogens with zero attached hydrogens (tertiary/aromatic N) is 2. The van der Waals surface area contributed by atoms with E-state index in [4.69, 9.17) is 4.74 Å². The summed E-state index contributed by atoms with van der Waals surface area (Å²) >= 11 is 0. The molecule has 1 saturated heterocycles. The average molecular weight is 577 g/mol. The van der Waals surface area contributed by atoms with Crippen LogP contribution in [0.25, 0.3) is 11.1 Å². The Bertz CT molecular complexity index is 1360. The number of aromatic nitrogens is 1. The van der Waals surface area contributed by atoms with Gasteiger partial charge in [-0.25, -0.2) is 19.4 Å². The van der Waals surface area contributed by atoms with Gasteiger partial charge in [-0.15, -0.1) is 0 Å². The molecule has 42 heavy (non-hydrogen) atoms. The number of benzene rings is 2. The highest BCUT2D eigenvalue weighted by Crippen LogP contribution is 2.22. The summed E-state index contributed by atoms with van der Waals surface area (Å²) in [6, 6.07) is 19.6. The second kappa shape index (κ2) is 14.5. The van der Waals surface area contributed by atoms with Crippen molar-refractivity contribution in [3.63, 3.8) is 0 Å². The zero-order valence-electron chi connectivity index (χ0n) is 22.6. The molecule has 13 nitrogen and oxygen atoms in total. The van der Waals surface area contributed by atoms with Crippen molar-refractivity contribution in [3.8, 4) is 11.1 Å². The number of aliphatic carboxylic acids is 1. The number of urea groups is 1. The van der Waals surface area contributed by atoms with Crippen LogP contribution in [0.3, 0.4) is 0 Å². The number of amides is 4. The van der Waals surface area contributed by atoms with E-state index in [0.717, 1.165) is 11.1 Å². The summed E-state index contributed by atoms with van der Waals surface area (Å²) in [5.74, 6) is -1.32. The molecule has 2 aromatic carbocycles. The number of anilines is 2. The van der Waals surface area contributed by atoms with Gasteiger partial charge in [-0.2, -0.15) is 0 Å². The zero-order chi connectivity index (χ0) is 29.9. The molecule has 0 spiro atoms. The van der Waals surface area contributed by atoms with Gasteiger partial charge in [0, 0.05) is 25.0 Å². The van der Waals surface area contributed by atoms with E-state index in [1.54, 1.807) is 30.5 Å². The van der Waals surface area contributed by atoms with Crippen LogP contribution >= 0.6 is 0 Å². The van der Waals surface area contributed by atoms with Crippen LogP contribution in [0, 0.1) is 0 Å². The Morgan fingerprint density at radius 2 is 1.67 bits per heavy atom. The fourth-order valence-corrected chi connectivity index (χ4v) is 4.47. The summed E-state index contributed by atoms with van der Waals surface area (Å²) in [6.45, 7) is -0.366. The number of hydrogen-bond acceptors (Lipinski definition) is 7. The summed E-state index contributed by atoms with van der Waals surface area (Å²) in [7, 11) is 0. The van der Waals surface area contributed by atoms with Gasteiger partial charge < -0.3 is 41.1 Å². The number of pyridine rings is 1. The summed E-state index contributed by atoms with van der Waals surface area (Å²) in [6.07, 6.45) is 0.373. The molecule has 0 radical (unpaired) electrons. The van der Waals surface area contributed by atoms with Gasteiger partial charge in [0.25, 0.3) is 0 Å². The predicted octanol–water partition coefficient (Wildman–Crippen LogP) is 2.69. The minimum atomic E-state index is -1.39. The minimum Gasteiger partial charge on any atom is -0.480 e. The number of hydrogen-bond donors (Lipinski definition) is 6. The molecule has 6 N–H and O–H groups in total. The first-order valence-electron chi connectivity index (χ1n) is 13.3. The highest BCUT2D eigenvalue weighted by Gasteiger charge is 2.36. The second-order valence-electron chi connectivity index (χ2n) is 9.59. The van der Waals surface area contributed by atoms with Gasteiger partial charge in [0.15, 0.2) is 0 Å². The van der Waals surface area contributed by atoms with Gasteiger partial charge in [0.05, 0.1) is 18.7 Å². The molecular formula is C29H32N6O7. The number of carboxylic acid groups (broad SMARTS) is 2. The molecular weight excluding hydrogens is 544 g/mol. The standard InChI is InChI=1S/C29H32N6O7/c36-26(18-42-23-14-22(35(17-23)29(40)41)15-31-25-8-4-5-13-30-25)32-16-24(27(37)38)34-28(39)33-21-11-9-20(10-12-21)19-6-2-1-3-7-19/h1-13,22-24H,14-18H2,(H,30,31)(H,32,36)(H,37,38)(H,40,41)(H2,33,34,39). The smallest absolute Gasteiger partial charge is 0.407 e. The Morgan fingerprint density at radius 3 is 2.33 bits per heavy atom. The van der Waals surface area contributed by atoms with Crippen LogP contribution < -0.4 is 21.3 Å². The second-order valence-corrected chi connectivity index (χ2v) is 9.59. The third-order valence-electron chi connectivity index (χ3n) is 6.61. The van der Waals surface area contributed by atoms with Crippen LogP contribution in [0.1, 0.15) is 6.42 Å². The van der Waals surface area contributed by atoms with E-state index in [0.29, 0.717) is 24.5 Å². The van der Waals surface area contributed by atoms with E-state index in [1.807, 2.05) is 48.5 Å². The fourth-order valence-electron chi connectivity index (χ4n) is 4.47. The molecule has 3 aromatic rings. The van der Waals surface area contributed by atoms with Crippen LogP contribution in [0.5, 0.6) is 0 Å². The van der Waals surface area contributed by atoms with Crippen LogP contribution in [0.15, 0.2) is 79.0 Å². The monoisotopic (exact) mass is 576 g/mol. The topological polar surface area (TPSA) is 182 Å². The normalized spacial score (nSPS) is 16.7. The van der Waals surface area contributed by atoms with E-state index in [2.05, 4.69) is 26.3 Å². The highest BCUT2D eigenvalue weighted by atomic mass is 16.5. The molecule has 0 bridgehead atoms. The van der Waals surface area contributed by atoms with E-state index in [1.165, 1.54) is 4.90 Å². The summed E-state index contributed by atoms with van der Waals surface area (Å²) in [5.41, 5.74) is 2.44. The molecule has 0 saturated carbocycles. The Labute approximate surface area is 241 Å². The average Bonchev–Trinajstić information content (AvgIpc) is 3.42. The number of carboxylic acids is 1. The van der Waals surface area contributed by atoms with Gasteiger partial charge in [-0.05, 0) is 41.8 Å². The van der Waals surface area contributed by atoms with Crippen molar-refractivity contribution in [1.82, 2.24) is 20.5 Å². The van der Waals surface area contributed by atoms with Crippen molar-refractivity contribution in [2.75, 3.05) is 36.9 Å². The van der Waals surface area contributed by atoms with Crippen LogP contribution in [-0.2, 0) is 14.3 Å². The van der Waals surface area contributed by atoms with Crippen LogP contribution in [0.4, 0.5) is 21.1 Å². The molecule has 1 aliphatic rings. The van der Waals surface area contributed by atoms with Crippen molar-refractivity contribution in [2.24, 2.45) is 0 Å². The highest BCUT2D eigenvalue weighted by molar-refractivity contribution is 5.92. The molecule has 1 aliphatic heterocycles. The lowest BCUT2D eigenvalue weighted by atomic mass is 10.1. The maximum absolute atomic E-state index is 12.4. The SMILES string of the molecule is O=C(COC1CC(CNc2ccccn2)N(C(=O)O)C1)NCC(NC(=O)Nc1ccc(-c2ccccc2)cc1)C(=O)O. The van der Waals surface area contributed by atoms with Crippen molar-refractivity contribution < 1.29 is 34.1 Å². The molecule has 4 rings (SSSR count). The summed E-state index contributed by atoms with van der Waals surface area (Å²) < 4.78 is 5.61. The molecule has 0 aliphatic carbocycles. The Kier molecular flexibility index (Phi) is 10.3. The zero-order valence-corrected chi connectivity index (χ0v) is 22.6. The lowest BCUT2D eigenvalue weighted by Gasteiger charge is -2.21. The molecule has 3 atom stereocenters. The van der Waals surface area contributed by atoms with Gasteiger partial charge in [0.2, 0.25) is 5.91 Å². The number of nitrogens with one attached hydrogen (secondary N) is 4. The first-order chi connectivity index (χ1) is 20.3. The molecule has 3 unspecified atom stereocenters. The lowest BCUT2D eigenvalue weighted by molar-refractivity contribution is -0.139. The predicted molar refractivity (Wildman–Crippen MR) is 154 cm³/mol. The number of rotatable bonds is 12. The van der Waals surface area contributed by atoms with E-state index in [9.17, 15) is 29.4 Å². The van der Waals surface area contributed by atoms with E-state index < -0.39 is 42.8 Å². The maximum atomic E-state index is 12.4. The number of carbonyl (C=O) groups excluding carboxylic acids is 2. The molecule has 220 valence electrons. The van der Waals surface area contributed by atoms with E-state index >= 15 is 0 Å². The quantitative estimate of drug-likeness (QED) is 0.189. The van der Waals surface area contributed by atoms with E-state index in [-0.39, 0.29) is 19.1 Å². The van der Waals surface area contributed by atoms with Crippen molar-refractivity contribution in [2.45, 2.75) is 24.6 Å². The Balaban J connectivity index is 1.20. The van der Waals surface area contributed by atoms with Crippen LogP contribution in [0.2, 0.25) is 0 Å². The minimum absolute atomic E-state index is 0.0863.